The number of ether oxygens (including phenoxy) is 1. The highest BCUT2D eigenvalue weighted by Gasteiger charge is 1.93. The summed E-state index contributed by atoms with van der Waals surface area (Å²) in [5, 5.41) is 8.58. The molecule has 0 atom stereocenters. The first-order valence-corrected chi connectivity index (χ1v) is 6.16. The zero-order valence-corrected chi connectivity index (χ0v) is 9.90. The molecule has 1 rings (SSSR count). The largest absolute Gasteiger partial charge is 0.396 e. The number of rotatable bonds is 9. The third kappa shape index (κ3) is 6.59. The molecular formula is C14H22O2. The minimum atomic E-state index is 0.275. The molecule has 0 aliphatic heterocycles. The Morgan fingerprint density at radius 3 is 2.25 bits per heavy atom. The molecule has 0 aliphatic rings. The molecule has 2 heteroatoms. The standard InChI is InChI=1S/C14H22O2/c15-11-5-7-13-16-12-6-4-10-14-8-2-1-3-9-14/h1-3,8-9,15H,4-7,10-13H2. The van der Waals surface area contributed by atoms with E-state index in [1.807, 2.05) is 6.07 Å². The summed E-state index contributed by atoms with van der Waals surface area (Å²) in [5.41, 5.74) is 1.41. The second-order valence-electron chi connectivity index (χ2n) is 3.99. The molecule has 0 aliphatic carbocycles. The van der Waals surface area contributed by atoms with Crippen LogP contribution in [0.3, 0.4) is 0 Å². The van der Waals surface area contributed by atoms with Crippen molar-refractivity contribution >= 4 is 0 Å². The van der Waals surface area contributed by atoms with Crippen molar-refractivity contribution in [1.82, 2.24) is 0 Å². The third-order valence-electron chi connectivity index (χ3n) is 2.54. The van der Waals surface area contributed by atoms with Crippen molar-refractivity contribution in [2.75, 3.05) is 19.8 Å². The van der Waals surface area contributed by atoms with Crippen molar-refractivity contribution in [1.29, 1.82) is 0 Å². The van der Waals surface area contributed by atoms with Gasteiger partial charge in [-0.2, -0.15) is 0 Å². The quantitative estimate of drug-likeness (QED) is 0.651. The van der Waals surface area contributed by atoms with Gasteiger partial charge in [-0.25, -0.2) is 0 Å². The molecular weight excluding hydrogens is 200 g/mol. The maximum atomic E-state index is 8.58. The molecule has 0 heterocycles. The van der Waals surface area contributed by atoms with E-state index in [0.29, 0.717) is 0 Å². The van der Waals surface area contributed by atoms with Crippen LogP contribution in [0.25, 0.3) is 0 Å². The maximum absolute atomic E-state index is 8.58. The lowest BCUT2D eigenvalue weighted by Gasteiger charge is -2.03. The Hall–Kier alpha value is -0.860. The fraction of sp³-hybridized carbons (Fsp3) is 0.571. The second-order valence-corrected chi connectivity index (χ2v) is 3.99. The summed E-state index contributed by atoms with van der Waals surface area (Å²) in [6, 6.07) is 10.6. The SMILES string of the molecule is OCCCCOCCCCc1ccccc1. The summed E-state index contributed by atoms with van der Waals surface area (Å²) in [6.45, 7) is 1.90. The van der Waals surface area contributed by atoms with E-state index >= 15 is 0 Å². The first kappa shape index (κ1) is 13.2. The lowest BCUT2D eigenvalue weighted by atomic mass is 10.1. The summed E-state index contributed by atoms with van der Waals surface area (Å²) in [5.74, 6) is 0. The molecule has 90 valence electrons. The average molecular weight is 222 g/mol. The van der Waals surface area contributed by atoms with Crippen molar-refractivity contribution in [2.45, 2.75) is 32.1 Å². The van der Waals surface area contributed by atoms with Crippen LogP contribution in [-0.2, 0) is 11.2 Å². The minimum Gasteiger partial charge on any atom is -0.396 e. The third-order valence-corrected chi connectivity index (χ3v) is 2.54. The van der Waals surface area contributed by atoms with Crippen LogP contribution in [0, 0.1) is 0 Å². The molecule has 0 amide bonds. The lowest BCUT2D eigenvalue weighted by Crippen LogP contribution is -1.98. The minimum absolute atomic E-state index is 0.275. The molecule has 16 heavy (non-hydrogen) atoms. The molecule has 1 aromatic carbocycles. The van der Waals surface area contributed by atoms with Crippen molar-refractivity contribution in [3.05, 3.63) is 35.9 Å². The number of benzene rings is 1. The number of hydrogen-bond acceptors (Lipinski definition) is 2. The summed E-state index contributed by atoms with van der Waals surface area (Å²) < 4.78 is 5.46. The fourth-order valence-electron chi connectivity index (χ4n) is 1.60. The monoisotopic (exact) mass is 222 g/mol. The van der Waals surface area contributed by atoms with Gasteiger partial charge < -0.3 is 9.84 Å². The Kier molecular flexibility index (Phi) is 7.74. The Morgan fingerprint density at radius 2 is 1.56 bits per heavy atom. The van der Waals surface area contributed by atoms with Gasteiger partial charge >= 0.3 is 0 Å². The van der Waals surface area contributed by atoms with E-state index in [1.165, 1.54) is 12.0 Å². The predicted molar refractivity (Wildman–Crippen MR) is 66.5 cm³/mol. The molecule has 0 fully saturated rings. The van der Waals surface area contributed by atoms with E-state index in [0.717, 1.165) is 38.9 Å². The molecule has 0 aromatic heterocycles. The summed E-state index contributed by atoms with van der Waals surface area (Å²) >= 11 is 0. The van der Waals surface area contributed by atoms with Gasteiger partial charge in [-0.3, -0.25) is 0 Å². The Labute approximate surface area is 98.3 Å². The summed E-state index contributed by atoms with van der Waals surface area (Å²) in [4.78, 5) is 0. The van der Waals surface area contributed by atoms with Crippen LogP contribution in [0.1, 0.15) is 31.2 Å². The van der Waals surface area contributed by atoms with Crippen LogP contribution in [-0.4, -0.2) is 24.9 Å². The second kappa shape index (κ2) is 9.37. The normalized spacial score (nSPS) is 10.6. The molecule has 0 unspecified atom stereocenters. The van der Waals surface area contributed by atoms with Crippen molar-refractivity contribution in [2.24, 2.45) is 0 Å². The van der Waals surface area contributed by atoms with Gasteiger partial charge in [0, 0.05) is 19.8 Å². The molecule has 0 bridgehead atoms. The first-order chi connectivity index (χ1) is 7.93. The highest BCUT2D eigenvalue weighted by Crippen LogP contribution is 2.04. The Bertz CT molecular complexity index is 246. The van der Waals surface area contributed by atoms with Gasteiger partial charge in [0.25, 0.3) is 0 Å². The highest BCUT2D eigenvalue weighted by atomic mass is 16.5. The topological polar surface area (TPSA) is 29.5 Å². The average Bonchev–Trinajstić information content (AvgIpc) is 2.34. The van der Waals surface area contributed by atoms with E-state index in [-0.39, 0.29) is 6.61 Å². The van der Waals surface area contributed by atoms with Crippen molar-refractivity contribution in [3.63, 3.8) is 0 Å². The predicted octanol–water partition coefficient (Wildman–Crippen LogP) is 2.80. The Balaban J connectivity index is 1.89. The van der Waals surface area contributed by atoms with Crippen LogP contribution < -0.4 is 0 Å². The van der Waals surface area contributed by atoms with Crippen molar-refractivity contribution < 1.29 is 9.84 Å². The highest BCUT2D eigenvalue weighted by molar-refractivity contribution is 5.14. The lowest BCUT2D eigenvalue weighted by molar-refractivity contribution is 0.122. The number of aryl methyl sites for hydroxylation is 1. The van der Waals surface area contributed by atoms with Gasteiger partial charge in [-0.1, -0.05) is 30.3 Å². The molecule has 2 nitrogen and oxygen atoms in total. The maximum Gasteiger partial charge on any atom is 0.0466 e. The summed E-state index contributed by atoms with van der Waals surface area (Å²) in [7, 11) is 0. The number of aliphatic hydroxyl groups is 1. The van der Waals surface area contributed by atoms with Gasteiger partial charge in [0.05, 0.1) is 0 Å². The van der Waals surface area contributed by atoms with Crippen molar-refractivity contribution in [3.8, 4) is 0 Å². The number of aliphatic hydroxyl groups excluding tert-OH is 1. The van der Waals surface area contributed by atoms with Gasteiger partial charge in [-0.05, 0) is 37.7 Å². The molecule has 0 saturated carbocycles. The van der Waals surface area contributed by atoms with E-state index in [2.05, 4.69) is 24.3 Å². The van der Waals surface area contributed by atoms with Gasteiger partial charge in [-0.15, -0.1) is 0 Å². The molecule has 0 radical (unpaired) electrons. The Morgan fingerprint density at radius 1 is 0.875 bits per heavy atom. The first-order valence-electron chi connectivity index (χ1n) is 6.16. The molecule has 1 N–H and O–H groups in total. The smallest absolute Gasteiger partial charge is 0.0466 e. The zero-order valence-electron chi connectivity index (χ0n) is 9.90. The van der Waals surface area contributed by atoms with Crippen LogP contribution in [0.2, 0.25) is 0 Å². The zero-order chi connectivity index (χ0) is 11.5. The van der Waals surface area contributed by atoms with Crippen LogP contribution >= 0.6 is 0 Å². The van der Waals surface area contributed by atoms with Gasteiger partial charge in [0.2, 0.25) is 0 Å². The van der Waals surface area contributed by atoms with Crippen LogP contribution in [0.4, 0.5) is 0 Å². The van der Waals surface area contributed by atoms with Gasteiger partial charge in [0.15, 0.2) is 0 Å². The molecule has 1 aromatic rings. The molecule has 0 saturated heterocycles. The van der Waals surface area contributed by atoms with E-state index in [9.17, 15) is 0 Å². The number of unbranched alkanes of at least 4 members (excludes halogenated alkanes) is 2. The van der Waals surface area contributed by atoms with Crippen LogP contribution in [0.5, 0.6) is 0 Å². The fourth-order valence-corrected chi connectivity index (χ4v) is 1.60. The van der Waals surface area contributed by atoms with E-state index in [4.69, 9.17) is 9.84 Å². The van der Waals surface area contributed by atoms with Crippen LogP contribution in [0.15, 0.2) is 30.3 Å². The number of hydrogen-bond donors (Lipinski definition) is 1. The van der Waals surface area contributed by atoms with Gasteiger partial charge in [0.1, 0.15) is 0 Å². The van der Waals surface area contributed by atoms with E-state index in [1.54, 1.807) is 0 Å². The molecule has 0 spiro atoms. The van der Waals surface area contributed by atoms with E-state index < -0.39 is 0 Å². The summed E-state index contributed by atoms with van der Waals surface area (Å²) in [6.07, 6.45) is 5.26.